The number of nitrogens with one attached hydrogen (secondary N) is 1. The summed E-state index contributed by atoms with van der Waals surface area (Å²) >= 11 is 0. The van der Waals surface area contributed by atoms with Crippen LogP contribution in [0.25, 0.3) is 0 Å². The summed E-state index contributed by atoms with van der Waals surface area (Å²) in [6.45, 7) is 8.01. The number of carbonyl (C=O) groups is 1. The summed E-state index contributed by atoms with van der Waals surface area (Å²) in [5.74, 6) is -1.08. The van der Waals surface area contributed by atoms with Crippen LogP contribution in [-0.4, -0.2) is 71.8 Å². The number of hydrogen-bond donors (Lipinski definition) is 2. The highest BCUT2D eigenvalue weighted by Crippen LogP contribution is 2.41. The van der Waals surface area contributed by atoms with Crippen molar-refractivity contribution < 1.29 is 18.7 Å². The molecule has 3 atom stereocenters. The van der Waals surface area contributed by atoms with Gasteiger partial charge in [0.2, 0.25) is 0 Å². The standard InChI is InChI=1S/C28H34F2N6O2/c1-28(2,3)36(27(37)38)25-13-21(35-15-18-14-32-33-24(18)17-35)16-34(11-9-20-6-4-5-10-31-20)26(25)22-12-19(29)7-8-23(22)30/h4-8,10,12,14,21,25-26H,9,11,13,15-17H2,1-3H3,(H,32,33)(H,37,38)/t21-,25+,26+/m0/s1. The van der Waals surface area contributed by atoms with Crippen LogP contribution in [-0.2, 0) is 19.5 Å². The Balaban J connectivity index is 1.56. The molecule has 3 aromatic rings. The lowest BCUT2D eigenvalue weighted by molar-refractivity contribution is -0.0340. The third-order valence-corrected chi connectivity index (χ3v) is 7.69. The molecule has 0 radical (unpaired) electrons. The lowest BCUT2D eigenvalue weighted by Gasteiger charge is -2.52. The van der Waals surface area contributed by atoms with Crippen molar-refractivity contribution >= 4 is 6.09 Å². The molecule has 2 aromatic heterocycles. The summed E-state index contributed by atoms with van der Waals surface area (Å²) in [4.78, 5) is 23.0. The molecule has 1 saturated heterocycles. The van der Waals surface area contributed by atoms with Crippen LogP contribution in [0, 0.1) is 11.6 Å². The lowest BCUT2D eigenvalue weighted by atomic mass is 9.84. The zero-order valence-corrected chi connectivity index (χ0v) is 21.9. The Morgan fingerprint density at radius 3 is 2.71 bits per heavy atom. The van der Waals surface area contributed by atoms with E-state index in [1.807, 2.05) is 45.2 Å². The maximum atomic E-state index is 15.4. The van der Waals surface area contributed by atoms with Crippen LogP contribution in [0.1, 0.15) is 55.7 Å². The van der Waals surface area contributed by atoms with E-state index in [2.05, 4.69) is 25.0 Å². The molecule has 1 aromatic carbocycles. The van der Waals surface area contributed by atoms with Crippen LogP contribution in [0.2, 0.25) is 0 Å². The molecule has 0 spiro atoms. The molecular formula is C28H34F2N6O2. The number of nitrogens with zero attached hydrogens (tertiary/aromatic N) is 5. The van der Waals surface area contributed by atoms with Crippen molar-refractivity contribution in [2.24, 2.45) is 0 Å². The van der Waals surface area contributed by atoms with Crippen molar-refractivity contribution in [1.29, 1.82) is 0 Å². The molecule has 0 unspecified atom stereocenters. The highest BCUT2D eigenvalue weighted by molar-refractivity contribution is 5.67. The van der Waals surface area contributed by atoms with E-state index in [1.165, 1.54) is 11.0 Å². The van der Waals surface area contributed by atoms with Crippen LogP contribution in [0.15, 0.2) is 48.8 Å². The molecule has 4 heterocycles. The highest BCUT2D eigenvalue weighted by atomic mass is 19.1. The predicted molar refractivity (Wildman–Crippen MR) is 138 cm³/mol. The summed E-state index contributed by atoms with van der Waals surface area (Å²) in [5.41, 5.74) is 2.50. The summed E-state index contributed by atoms with van der Waals surface area (Å²) < 4.78 is 29.9. The fraction of sp³-hybridized carbons (Fsp3) is 0.464. The lowest BCUT2D eigenvalue weighted by Crippen LogP contribution is -2.62. The predicted octanol–water partition coefficient (Wildman–Crippen LogP) is 4.60. The van der Waals surface area contributed by atoms with E-state index in [0.717, 1.165) is 29.1 Å². The van der Waals surface area contributed by atoms with Crippen LogP contribution in [0.5, 0.6) is 0 Å². The van der Waals surface area contributed by atoms with E-state index < -0.39 is 35.4 Å². The fourth-order valence-corrected chi connectivity index (χ4v) is 6.07. The van der Waals surface area contributed by atoms with Crippen LogP contribution in [0.3, 0.4) is 0 Å². The number of amides is 1. The molecule has 1 fully saturated rings. The molecule has 10 heteroatoms. The largest absolute Gasteiger partial charge is 0.465 e. The van der Waals surface area contributed by atoms with Gasteiger partial charge in [-0.3, -0.25) is 24.8 Å². The second-order valence-electron chi connectivity index (χ2n) is 11.2. The molecular weight excluding hydrogens is 490 g/mol. The van der Waals surface area contributed by atoms with Crippen LogP contribution in [0.4, 0.5) is 13.6 Å². The normalized spacial score (nSPS) is 22.4. The summed E-state index contributed by atoms with van der Waals surface area (Å²) in [6, 6.07) is 7.90. The van der Waals surface area contributed by atoms with Gasteiger partial charge in [0.1, 0.15) is 11.6 Å². The number of H-pyrrole nitrogens is 1. The van der Waals surface area contributed by atoms with Crippen molar-refractivity contribution in [3.63, 3.8) is 0 Å². The number of aromatic amines is 1. The number of piperidine rings is 1. The van der Waals surface area contributed by atoms with Gasteiger partial charge < -0.3 is 5.11 Å². The number of rotatable bonds is 6. The monoisotopic (exact) mass is 524 g/mol. The third-order valence-electron chi connectivity index (χ3n) is 7.69. The van der Waals surface area contributed by atoms with Crippen LogP contribution < -0.4 is 0 Å². The molecule has 2 aliphatic heterocycles. The number of halogens is 2. The van der Waals surface area contributed by atoms with Gasteiger partial charge in [-0.05, 0) is 57.5 Å². The Kier molecular flexibility index (Phi) is 7.19. The number of carboxylic acid groups (broad SMARTS) is 1. The Morgan fingerprint density at radius 1 is 1.21 bits per heavy atom. The van der Waals surface area contributed by atoms with Crippen molar-refractivity contribution in [3.8, 4) is 0 Å². The number of likely N-dealkylation sites (tertiary alicyclic amines) is 1. The number of aromatic nitrogens is 3. The first kappa shape index (κ1) is 26.2. The smallest absolute Gasteiger partial charge is 0.408 e. The van der Waals surface area contributed by atoms with Gasteiger partial charge in [-0.2, -0.15) is 5.10 Å². The Morgan fingerprint density at radius 2 is 2.03 bits per heavy atom. The van der Waals surface area contributed by atoms with Crippen LogP contribution >= 0.6 is 0 Å². The molecule has 5 rings (SSSR count). The minimum Gasteiger partial charge on any atom is -0.465 e. The third kappa shape index (κ3) is 5.28. The minimum absolute atomic E-state index is 0.00148. The van der Waals surface area contributed by atoms with Gasteiger partial charge in [-0.15, -0.1) is 0 Å². The second-order valence-corrected chi connectivity index (χ2v) is 11.2. The molecule has 0 saturated carbocycles. The summed E-state index contributed by atoms with van der Waals surface area (Å²) in [5, 5.41) is 17.6. The Labute approximate surface area is 221 Å². The quantitative estimate of drug-likeness (QED) is 0.490. The van der Waals surface area contributed by atoms with E-state index in [1.54, 1.807) is 6.20 Å². The zero-order chi connectivity index (χ0) is 27.0. The van der Waals surface area contributed by atoms with Crippen molar-refractivity contribution in [3.05, 3.63) is 82.9 Å². The first-order valence-corrected chi connectivity index (χ1v) is 13.0. The van der Waals surface area contributed by atoms with E-state index in [9.17, 15) is 14.3 Å². The van der Waals surface area contributed by atoms with Crippen molar-refractivity contribution in [2.75, 3.05) is 13.1 Å². The topological polar surface area (TPSA) is 88.6 Å². The first-order valence-electron chi connectivity index (χ1n) is 13.0. The van der Waals surface area contributed by atoms with Gasteiger partial charge in [0.15, 0.2) is 0 Å². The zero-order valence-electron chi connectivity index (χ0n) is 21.9. The van der Waals surface area contributed by atoms with Crippen molar-refractivity contribution in [1.82, 2.24) is 29.9 Å². The number of hydrogen-bond acceptors (Lipinski definition) is 5. The van der Waals surface area contributed by atoms with E-state index in [4.69, 9.17) is 0 Å². The number of fused-ring (bicyclic) bond motifs is 1. The number of pyridine rings is 1. The second kappa shape index (κ2) is 10.4. The SMILES string of the molecule is CC(C)(C)N(C(=O)O)[C@@H]1C[C@H](N2Cc3cn[nH]c3C2)CN(CCc2ccccn2)[C@@H]1c1cc(F)ccc1F. The highest BCUT2D eigenvalue weighted by Gasteiger charge is 2.47. The summed E-state index contributed by atoms with van der Waals surface area (Å²) in [6.07, 6.45) is 3.57. The Bertz CT molecular complexity index is 1260. The van der Waals surface area contributed by atoms with E-state index in [-0.39, 0.29) is 11.6 Å². The summed E-state index contributed by atoms with van der Waals surface area (Å²) in [7, 11) is 0. The molecule has 2 aliphatic rings. The molecule has 0 aliphatic carbocycles. The van der Waals surface area contributed by atoms with E-state index in [0.29, 0.717) is 39.0 Å². The molecule has 1 amide bonds. The molecule has 8 nitrogen and oxygen atoms in total. The van der Waals surface area contributed by atoms with Gasteiger partial charge >= 0.3 is 6.09 Å². The maximum Gasteiger partial charge on any atom is 0.408 e. The average molecular weight is 525 g/mol. The van der Waals surface area contributed by atoms with Gasteiger partial charge in [0.05, 0.1) is 24.0 Å². The first-order chi connectivity index (χ1) is 18.1. The average Bonchev–Trinajstić information content (AvgIpc) is 3.46. The molecule has 2 N–H and O–H groups in total. The van der Waals surface area contributed by atoms with Gasteiger partial charge in [-0.25, -0.2) is 13.6 Å². The minimum atomic E-state index is -1.08. The number of benzene rings is 1. The molecule has 38 heavy (non-hydrogen) atoms. The fourth-order valence-electron chi connectivity index (χ4n) is 6.07. The van der Waals surface area contributed by atoms with Gasteiger partial charge in [0.25, 0.3) is 0 Å². The Hall–Kier alpha value is -3.37. The molecule has 202 valence electrons. The van der Waals surface area contributed by atoms with Crippen molar-refractivity contribution in [2.45, 2.75) is 70.4 Å². The maximum absolute atomic E-state index is 15.4. The molecule has 0 bridgehead atoms. The van der Waals surface area contributed by atoms with E-state index >= 15 is 4.39 Å². The van der Waals surface area contributed by atoms with Gasteiger partial charge in [-0.1, -0.05) is 6.07 Å². The van der Waals surface area contributed by atoms with Gasteiger partial charge in [0, 0.05) is 67.2 Å².